The van der Waals surface area contributed by atoms with Crippen LogP contribution in [-0.2, 0) is 9.53 Å². The van der Waals surface area contributed by atoms with Crippen LogP contribution < -0.4 is 5.32 Å². The molecule has 6 nitrogen and oxygen atoms in total. The summed E-state index contributed by atoms with van der Waals surface area (Å²) in [6, 6.07) is 2.17. The van der Waals surface area contributed by atoms with E-state index in [1.165, 1.54) is 4.90 Å². The van der Waals surface area contributed by atoms with Gasteiger partial charge in [0.15, 0.2) is 0 Å². The lowest BCUT2D eigenvalue weighted by molar-refractivity contribution is -0.126. The number of nitriles is 1. The van der Waals surface area contributed by atoms with Crippen molar-refractivity contribution in [1.29, 1.82) is 5.26 Å². The molecule has 0 saturated carbocycles. The van der Waals surface area contributed by atoms with Crippen molar-refractivity contribution >= 4 is 12.0 Å². The van der Waals surface area contributed by atoms with E-state index in [0.717, 1.165) is 0 Å². The molecular weight excluding hydrogens is 270 g/mol. The highest BCUT2D eigenvalue weighted by Gasteiger charge is 2.40. The second-order valence-electron chi connectivity index (χ2n) is 6.84. The minimum atomic E-state index is -1.02. The summed E-state index contributed by atoms with van der Waals surface area (Å²) >= 11 is 0. The van der Waals surface area contributed by atoms with Gasteiger partial charge in [0.2, 0.25) is 5.91 Å². The Hall–Kier alpha value is -1.77. The number of carbonyl (C=O) groups excluding carboxylic acids is 2. The third-order valence-electron chi connectivity index (χ3n) is 3.24. The van der Waals surface area contributed by atoms with E-state index in [2.05, 4.69) is 11.4 Å². The van der Waals surface area contributed by atoms with Crippen molar-refractivity contribution in [3.8, 4) is 6.07 Å². The number of piperidine rings is 1. The summed E-state index contributed by atoms with van der Waals surface area (Å²) in [4.78, 5) is 25.5. The minimum absolute atomic E-state index is 0.164. The Morgan fingerprint density at radius 2 is 2.00 bits per heavy atom. The maximum Gasteiger partial charge on any atom is 0.410 e. The fourth-order valence-corrected chi connectivity index (χ4v) is 2.14. The molecule has 0 aliphatic carbocycles. The van der Waals surface area contributed by atoms with Crippen LogP contribution in [0.25, 0.3) is 0 Å². The largest absolute Gasteiger partial charge is 0.444 e. The van der Waals surface area contributed by atoms with Crippen molar-refractivity contribution in [1.82, 2.24) is 10.2 Å². The number of hydrogen-bond donors (Lipinski definition) is 1. The third-order valence-corrected chi connectivity index (χ3v) is 3.24. The molecule has 0 spiro atoms. The second kappa shape index (κ2) is 6.33. The van der Waals surface area contributed by atoms with Gasteiger partial charge in [-0.3, -0.25) is 4.79 Å². The zero-order valence-corrected chi connectivity index (χ0v) is 13.5. The molecule has 6 heteroatoms. The normalized spacial score (nSPS) is 22.6. The maximum absolute atomic E-state index is 12.1. The number of nitrogens with one attached hydrogen (secondary N) is 1. The molecule has 2 amide bonds. The van der Waals surface area contributed by atoms with Crippen LogP contribution in [0.2, 0.25) is 0 Å². The van der Waals surface area contributed by atoms with Crippen LogP contribution in [0, 0.1) is 17.2 Å². The fourth-order valence-electron chi connectivity index (χ4n) is 2.14. The number of nitrogens with zero attached hydrogens (tertiary/aromatic N) is 2. The van der Waals surface area contributed by atoms with E-state index in [0.29, 0.717) is 19.4 Å². The quantitative estimate of drug-likeness (QED) is 0.845. The molecule has 1 saturated heterocycles. The molecule has 1 heterocycles. The van der Waals surface area contributed by atoms with Gasteiger partial charge in [0.25, 0.3) is 0 Å². The van der Waals surface area contributed by atoms with Crippen LogP contribution in [0.5, 0.6) is 0 Å². The van der Waals surface area contributed by atoms with Crippen molar-refractivity contribution in [2.45, 2.75) is 58.6 Å². The van der Waals surface area contributed by atoms with Crippen LogP contribution in [0.15, 0.2) is 0 Å². The summed E-state index contributed by atoms with van der Waals surface area (Å²) in [6.07, 6.45) is 0.757. The number of carbonyl (C=O) groups is 2. The first-order valence-electron chi connectivity index (χ1n) is 7.30. The molecule has 118 valence electrons. The van der Waals surface area contributed by atoms with Crippen molar-refractivity contribution < 1.29 is 14.3 Å². The summed E-state index contributed by atoms with van der Waals surface area (Å²) in [5, 5.41) is 12.2. The van der Waals surface area contributed by atoms with E-state index in [4.69, 9.17) is 4.74 Å². The zero-order valence-electron chi connectivity index (χ0n) is 13.5. The van der Waals surface area contributed by atoms with E-state index >= 15 is 0 Å². The summed E-state index contributed by atoms with van der Waals surface area (Å²) in [7, 11) is 0. The first kappa shape index (κ1) is 17.3. The maximum atomic E-state index is 12.1. The molecule has 0 aromatic rings. The first-order valence-corrected chi connectivity index (χ1v) is 7.30. The molecule has 1 atom stereocenters. The molecule has 0 bridgehead atoms. The van der Waals surface area contributed by atoms with Gasteiger partial charge in [0.1, 0.15) is 11.1 Å². The average molecular weight is 295 g/mol. The number of ether oxygens (including phenoxy) is 1. The van der Waals surface area contributed by atoms with Gasteiger partial charge in [-0.1, -0.05) is 13.8 Å². The molecule has 0 aromatic carbocycles. The van der Waals surface area contributed by atoms with E-state index < -0.39 is 17.2 Å². The van der Waals surface area contributed by atoms with Gasteiger partial charge >= 0.3 is 6.09 Å². The van der Waals surface area contributed by atoms with Gasteiger partial charge in [-0.25, -0.2) is 4.79 Å². The van der Waals surface area contributed by atoms with Crippen molar-refractivity contribution in [2.24, 2.45) is 5.92 Å². The number of hydrogen-bond acceptors (Lipinski definition) is 4. The first-order chi connectivity index (χ1) is 9.58. The highest BCUT2D eigenvalue weighted by atomic mass is 16.6. The summed E-state index contributed by atoms with van der Waals surface area (Å²) in [6.45, 7) is 9.64. The Balaban J connectivity index is 2.79. The SMILES string of the molecule is CC(C)C(=O)NC1(C#N)CCCN(C(=O)OC(C)(C)C)C1. The van der Waals surface area contributed by atoms with Gasteiger partial charge in [-0.2, -0.15) is 5.26 Å². The predicted molar refractivity (Wildman–Crippen MR) is 78.4 cm³/mol. The van der Waals surface area contributed by atoms with Crippen LogP contribution in [-0.4, -0.2) is 41.1 Å². The van der Waals surface area contributed by atoms with Crippen molar-refractivity contribution in [3.05, 3.63) is 0 Å². The van der Waals surface area contributed by atoms with Gasteiger partial charge in [0.05, 0.1) is 12.6 Å². The fraction of sp³-hybridized carbons (Fsp3) is 0.800. The van der Waals surface area contributed by atoms with E-state index in [1.54, 1.807) is 34.6 Å². The number of rotatable bonds is 2. The molecule has 1 aliphatic heterocycles. The molecule has 1 aliphatic rings. The topological polar surface area (TPSA) is 82.4 Å². The lowest BCUT2D eigenvalue weighted by Gasteiger charge is -2.39. The molecule has 1 fully saturated rings. The lowest BCUT2D eigenvalue weighted by atomic mass is 9.90. The highest BCUT2D eigenvalue weighted by molar-refractivity contribution is 5.79. The Morgan fingerprint density at radius 1 is 1.38 bits per heavy atom. The molecular formula is C15H25N3O3. The van der Waals surface area contributed by atoms with Crippen LogP contribution in [0.1, 0.15) is 47.5 Å². The van der Waals surface area contributed by atoms with Crippen LogP contribution >= 0.6 is 0 Å². The molecule has 1 unspecified atom stereocenters. The highest BCUT2D eigenvalue weighted by Crippen LogP contribution is 2.23. The predicted octanol–water partition coefficient (Wildman–Crippen LogP) is 2.05. The van der Waals surface area contributed by atoms with E-state index in [1.807, 2.05) is 0 Å². The molecule has 0 radical (unpaired) electrons. The summed E-state index contributed by atoms with van der Waals surface area (Å²) in [5.74, 6) is -0.380. The Bertz CT molecular complexity index is 448. The number of amides is 2. The van der Waals surface area contributed by atoms with Crippen LogP contribution in [0.4, 0.5) is 4.79 Å². The summed E-state index contributed by atoms with van der Waals surface area (Å²) in [5.41, 5.74) is -1.60. The van der Waals surface area contributed by atoms with E-state index in [-0.39, 0.29) is 18.4 Å². The smallest absolute Gasteiger partial charge is 0.410 e. The van der Waals surface area contributed by atoms with Gasteiger partial charge in [0, 0.05) is 12.5 Å². The molecule has 1 N–H and O–H groups in total. The lowest BCUT2D eigenvalue weighted by Crippen LogP contribution is -2.60. The van der Waals surface area contributed by atoms with Crippen molar-refractivity contribution in [3.63, 3.8) is 0 Å². The Kier molecular flexibility index (Phi) is 5.21. The third kappa shape index (κ3) is 4.92. The zero-order chi connectivity index (χ0) is 16.3. The monoisotopic (exact) mass is 295 g/mol. The summed E-state index contributed by atoms with van der Waals surface area (Å²) < 4.78 is 5.33. The molecule has 1 rings (SSSR count). The van der Waals surface area contributed by atoms with Crippen LogP contribution in [0.3, 0.4) is 0 Å². The van der Waals surface area contributed by atoms with Gasteiger partial charge in [-0.05, 0) is 33.6 Å². The Labute approximate surface area is 126 Å². The molecule has 0 aromatic heterocycles. The minimum Gasteiger partial charge on any atom is -0.444 e. The average Bonchev–Trinajstić information content (AvgIpc) is 2.36. The van der Waals surface area contributed by atoms with Gasteiger partial charge < -0.3 is 15.0 Å². The second-order valence-corrected chi connectivity index (χ2v) is 6.84. The Morgan fingerprint density at radius 3 is 2.48 bits per heavy atom. The number of likely N-dealkylation sites (tertiary alicyclic amines) is 1. The van der Waals surface area contributed by atoms with Gasteiger partial charge in [-0.15, -0.1) is 0 Å². The molecule has 21 heavy (non-hydrogen) atoms. The standard InChI is InChI=1S/C15H25N3O3/c1-11(2)12(19)17-15(9-16)7-6-8-18(10-15)13(20)21-14(3,4)5/h11H,6-8,10H2,1-5H3,(H,17,19). The van der Waals surface area contributed by atoms with E-state index in [9.17, 15) is 14.9 Å². The van der Waals surface area contributed by atoms with Crippen molar-refractivity contribution in [2.75, 3.05) is 13.1 Å².